The summed E-state index contributed by atoms with van der Waals surface area (Å²) < 4.78 is 21.6. The number of carbonyl (C=O) groups excluding carboxylic acids is 2. The molecule has 218 valence electrons. The summed E-state index contributed by atoms with van der Waals surface area (Å²) in [5.74, 6) is 0.912. The van der Waals surface area contributed by atoms with Crippen molar-refractivity contribution in [2.45, 2.75) is 30.2 Å². The van der Waals surface area contributed by atoms with Crippen molar-refractivity contribution in [1.29, 1.82) is 0 Å². The number of fused-ring (bicyclic) bond motifs is 1. The Bertz CT molecular complexity index is 1500. The average Bonchev–Trinajstić information content (AvgIpc) is 3.44. The second-order valence-electron chi connectivity index (χ2n) is 10.0. The minimum Gasteiger partial charge on any atom is -0.497 e. The molecule has 0 spiro atoms. The number of nitrogens with zero attached hydrogens (tertiary/aromatic N) is 2. The van der Waals surface area contributed by atoms with Gasteiger partial charge < -0.3 is 18.9 Å². The zero-order chi connectivity index (χ0) is 29.6. The number of allylic oxidation sites excluding steroid dienone is 1. The van der Waals surface area contributed by atoms with Crippen LogP contribution < -0.4 is 14.2 Å². The fraction of sp³-hybridized carbons (Fsp3) is 0.303. The first kappa shape index (κ1) is 29.3. The highest BCUT2D eigenvalue weighted by Gasteiger charge is 2.44. The van der Waals surface area contributed by atoms with Crippen molar-refractivity contribution >= 4 is 35.4 Å². The van der Waals surface area contributed by atoms with E-state index in [9.17, 15) is 9.59 Å². The van der Waals surface area contributed by atoms with E-state index in [1.807, 2.05) is 60.9 Å². The Balaban J connectivity index is 1.42. The monoisotopic (exact) mass is 586 g/mol. The summed E-state index contributed by atoms with van der Waals surface area (Å²) in [6, 6.07) is 20.5. The molecule has 1 heterocycles. The maximum atomic E-state index is 13.7. The van der Waals surface area contributed by atoms with Crippen molar-refractivity contribution in [3.8, 4) is 17.2 Å². The Morgan fingerprint density at radius 1 is 0.952 bits per heavy atom. The van der Waals surface area contributed by atoms with E-state index < -0.39 is 18.5 Å². The first-order valence-electron chi connectivity index (χ1n) is 13.7. The summed E-state index contributed by atoms with van der Waals surface area (Å²) in [6.07, 6.45) is 6.80. The van der Waals surface area contributed by atoms with Crippen LogP contribution >= 0.6 is 11.8 Å². The van der Waals surface area contributed by atoms with Gasteiger partial charge in [-0.25, -0.2) is 9.80 Å². The smallest absolute Gasteiger partial charge is 0.342 e. The van der Waals surface area contributed by atoms with Crippen LogP contribution in [0.15, 0.2) is 82.3 Å². The number of carbonyl (C=O) groups is 2. The van der Waals surface area contributed by atoms with E-state index >= 15 is 0 Å². The number of hydrogen-bond donors (Lipinski definition) is 0. The molecule has 1 aliphatic heterocycles. The molecule has 42 heavy (non-hydrogen) atoms. The van der Waals surface area contributed by atoms with E-state index in [0.717, 1.165) is 58.1 Å². The lowest BCUT2D eigenvalue weighted by Gasteiger charge is -2.29. The van der Waals surface area contributed by atoms with Gasteiger partial charge in [-0.05, 0) is 90.8 Å². The predicted octanol–water partition coefficient (Wildman–Crippen LogP) is 6.41. The molecule has 5 rings (SSSR count). The van der Waals surface area contributed by atoms with Crippen LogP contribution in [0.2, 0.25) is 0 Å². The summed E-state index contributed by atoms with van der Waals surface area (Å²) >= 11 is 1.54. The number of benzene rings is 3. The SMILES string of the molecule is COc1ccc(C=C2CCCC3C2=NN(C(=O)COC(=O)c2ccc(SC)cc2OC)C3c2ccc(OC)cc2)cc1. The number of thioether (sulfide) groups is 1. The predicted molar refractivity (Wildman–Crippen MR) is 163 cm³/mol. The van der Waals surface area contributed by atoms with Gasteiger partial charge in [0.15, 0.2) is 6.61 Å². The molecule has 2 unspecified atom stereocenters. The fourth-order valence-electron chi connectivity index (χ4n) is 5.48. The molecule has 8 nitrogen and oxygen atoms in total. The van der Waals surface area contributed by atoms with Gasteiger partial charge >= 0.3 is 5.97 Å². The number of ether oxygens (including phenoxy) is 4. The lowest BCUT2D eigenvalue weighted by atomic mass is 9.77. The number of esters is 1. The Morgan fingerprint density at radius 3 is 2.29 bits per heavy atom. The van der Waals surface area contributed by atoms with Gasteiger partial charge in [-0.3, -0.25) is 4.79 Å². The zero-order valence-electron chi connectivity index (χ0n) is 24.2. The van der Waals surface area contributed by atoms with Gasteiger partial charge in [0.25, 0.3) is 5.91 Å². The van der Waals surface area contributed by atoms with Crippen molar-refractivity contribution in [2.75, 3.05) is 34.2 Å². The summed E-state index contributed by atoms with van der Waals surface area (Å²) in [4.78, 5) is 27.6. The van der Waals surface area contributed by atoms with E-state index in [2.05, 4.69) is 6.08 Å². The Labute approximate surface area is 250 Å². The van der Waals surface area contributed by atoms with Crippen LogP contribution in [0, 0.1) is 5.92 Å². The molecule has 0 aromatic heterocycles. The van der Waals surface area contributed by atoms with Gasteiger partial charge in [0.1, 0.15) is 22.8 Å². The molecule has 0 bridgehead atoms. The van der Waals surface area contributed by atoms with Crippen LogP contribution in [0.25, 0.3) is 6.08 Å². The van der Waals surface area contributed by atoms with Gasteiger partial charge in [-0.1, -0.05) is 24.3 Å². The summed E-state index contributed by atoms with van der Waals surface area (Å²) in [7, 11) is 4.77. The van der Waals surface area contributed by atoms with Crippen molar-refractivity contribution in [3.05, 3.63) is 89.0 Å². The third-order valence-corrected chi connectivity index (χ3v) is 8.35. The zero-order valence-corrected chi connectivity index (χ0v) is 25.0. The number of hydrazone groups is 1. The average molecular weight is 587 g/mol. The summed E-state index contributed by atoms with van der Waals surface area (Å²) in [5.41, 5.74) is 4.24. The summed E-state index contributed by atoms with van der Waals surface area (Å²) in [6.45, 7) is -0.444. The van der Waals surface area contributed by atoms with Gasteiger partial charge in [0.05, 0.1) is 33.1 Å². The lowest BCUT2D eigenvalue weighted by Crippen LogP contribution is -2.34. The maximum absolute atomic E-state index is 13.7. The lowest BCUT2D eigenvalue weighted by molar-refractivity contribution is -0.137. The molecule has 1 aliphatic carbocycles. The Kier molecular flexibility index (Phi) is 9.17. The second-order valence-corrected chi connectivity index (χ2v) is 10.9. The van der Waals surface area contributed by atoms with Crippen molar-refractivity contribution < 1.29 is 28.5 Å². The molecule has 9 heteroatoms. The first-order chi connectivity index (χ1) is 20.4. The molecule has 1 saturated carbocycles. The highest BCUT2D eigenvalue weighted by atomic mass is 32.2. The molecule has 1 amide bonds. The van der Waals surface area contributed by atoms with Crippen molar-refractivity contribution in [1.82, 2.24) is 5.01 Å². The van der Waals surface area contributed by atoms with Crippen LogP contribution in [-0.4, -0.2) is 56.8 Å². The number of hydrogen-bond acceptors (Lipinski definition) is 8. The van der Waals surface area contributed by atoms with E-state index in [4.69, 9.17) is 24.0 Å². The van der Waals surface area contributed by atoms with Crippen LogP contribution in [-0.2, 0) is 9.53 Å². The van der Waals surface area contributed by atoms with Gasteiger partial charge in [0.2, 0.25) is 0 Å². The van der Waals surface area contributed by atoms with Crippen molar-refractivity contribution in [3.63, 3.8) is 0 Å². The van der Waals surface area contributed by atoms with Crippen molar-refractivity contribution in [2.24, 2.45) is 11.0 Å². The van der Waals surface area contributed by atoms with Crippen LogP contribution in [0.5, 0.6) is 17.2 Å². The summed E-state index contributed by atoms with van der Waals surface area (Å²) in [5, 5.41) is 6.38. The minimum atomic E-state index is -0.627. The van der Waals surface area contributed by atoms with E-state index in [1.165, 1.54) is 12.1 Å². The third kappa shape index (κ3) is 6.16. The molecular formula is C33H34N2O6S. The largest absolute Gasteiger partial charge is 0.497 e. The van der Waals surface area contributed by atoms with E-state index in [0.29, 0.717) is 5.75 Å². The topological polar surface area (TPSA) is 86.7 Å². The Hall–Kier alpha value is -4.24. The number of rotatable bonds is 9. The van der Waals surface area contributed by atoms with E-state index in [1.54, 1.807) is 38.1 Å². The molecule has 3 aromatic carbocycles. The van der Waals surface area contributed by atoms with Crippen LogP contribution in [0.1, 0.15) is 46.8 Å². The quantitative estimate of drug-likeness (QED) is 0.211. The van der Waals surface area contributed by atoms with Gasteiger partial charge in [-0.2, -0.15) is 5.10 Å². The molecule has 0 saturated heterocycles. The Morgan fingerprint density at radius 2 is 1.64 bits per heavy atom. The van der Waals surface area contributed by atoms with Gasteiger partial charge in [-0.15, -0.1) is 11.8 Å². The third-order valence-electron chi connectivity index (χ3n) is 7.63. The highest BCUT2D eigenvalue weighted by Crippen LogP contribution is 2.44. The molecule has 2 aliphatic rings. The standard InChI is InChI=1S/C33H34N2O6S/c1-38-24-12-8-21(9-13-24)18-23-6-5-7-28-31(23)34-35(32(28)22-10-14-25(39-2)15-11-22)30(36)20-41-33(37)27-17-16-26(42-4)19-29(27)40-3/h8-19,28,32H,5-7,20H2,1-4H3. The molecule has 2 atom stereocenters. The minimum absolute atomic E-state index is 0.00970. The fourth-order valence-corrected chi connectivity index (χ4v) is 5.91. The highest BCUT2D eigenvalue weighted by molar-refractivity contribution is 7.98. The normalized spacial score (nSPS) is 18.7. The molecule has 3 aromatic rings. The number of amides is 1. The number of methoxy groups -OCH3 is 3. The van der Waals surface area contributed by atoms with Gasteiger partial charge in [0, 0.05) is 10.8 Å². The van der Waals surface area contributed by atoms with E-state index in [-0.39, 0.29) is 17.5 Å². The van der Waals surface area contributed by atoms with Crippen LogP contribution in [0.4, 0.5) is 0 Å². The molecule has 0 N–H and O–H groups in total. The van der Waals surface area contributed by atoms with Crippen LogP contribution in [0.3, 0.4) is 0 Å². The molecule has 1 fully saturated rings. The maximum Gasteiger partial charge on any atom is 0.342 e. The first-order valence-corrected chi connectivity index (χ1v) is 15.0. The molecular weight excluding hydrogens is 552 g/mol. The molecule has 0 radical (unpaired) electrons. The second kappa shape index (κ2) is 13.2.